The van der Waals surface area contributed by atoms with E-state index >= 15 is 0 Å². The van der Waals surface area contributed by atoms with Crippen LogP contribution in [0.25, 0.3) is 0 Å². The Bertz CT molecular complexity index is 479. The minimum Gasteiger partial charge on any atom is -0.494 e. The van der Waals surface area contributed by atoms with Gasteiger partial charge in [0, 0.05) is 24.9 Å². The number of ether oxygens (including phenoxy) is 1. The maximum absolute atomic E-state index is 13.8. The fourth-order valence-corrected chi connectivity index (χ4v) is 2.65. The number of nitrogens with two attached hydrogens (primary N) is 1. The molecule has 1 aliphatic heterocycles. The highest BCUT2D eigenvalue weighted by Crippen LogP contribution is 2.35. The molecule has 0 saturated carbocycles. The van der Waals surface area contributed by atoms with E-state index in [0.29, 0.717) is 19.5 Å². The summed E-state index contributed by atoms with van der Waals surface area (Å²) in [5.74, 6) is -0.245. The Kier molecular flexibility index (Phi) is 4.04. The first-order valence-electron chi connectivity index (χ1n) is 6.42. The van der Waals surface area contributed by atoms with Gasteiger partial charge in [0.05, 0.1) is 7.11 Å². The summed E-state index contributed by atoms with van der Waals surface area (Å²) in [6, 6.07) is 4.82. The quantitative estimate of drug-likeness (QED) is 0.867. The van der Waals surface area contributed by atoms with E-state index in [4.69, 9.17) is 10.5 Å². The average molecular weight is 266 g/mol. The van der Waals surface area contributed by atoms with Crippen molar-refractivity contribution in [1.29, 1.82) is 0 Å². The number of hydrogen-bond donors (Lipinski definition) is 2. The van der Waals surface area contributed by atoms with Crippen molar-refractivity contribution in [3.63, 3.8) is 0 Å². The molecule has 1 unspecified atom stereocenters. The van der Waals surface area contributed by atoms with Crippen molar-refractivity contribution in [2.75, 3.05) is 20.2 Å². The van der Waals surface area contributed by atoms with Gasteiger partial charge in [0.2, 0.25) is 5.91 Å². The van der Waals surface area contributed by atoms with Crippen molar-refractivity contribution in [2.45, 2.75) is 24.7 Å². The molecule has 1 aromatic rings. The molecule has 3 N–H and O–H groups in total. The van der Waals surface area contributed by atoms with E-state index in [2.05, 4.69) is 5.32 Å². The predicted octanol–water partition coefficient (Wildman–Crippen LogP) is 1.33. The first-order chi connectivity index (χ1) is 9.11. The molecule has 1 fully saturated rings. The predicted molar refractivity (Wildman–Crippen MR) is 70.5 cm³/mol. The molecule has 0 bridgehead atoms. The van der Waals surface area contributed by atoms with Crippen molar-refractivity contribution in [1.82, 2.24) is 5.32 Å². The summed E-state index contributed by atoms with van der Waals surface area (Å²) in [6.07, 6.45) is 1.92. The molecule has 5 heteroatoms. The summed E-state index contributed by atoms with van der Waals surface area (Å²) in [5.41, 5.74) is 6.18. The molecule has 1 aliphatic rings. The zero-order valence-electron chi connectivity index (χ0n) is 11.0. The third-order valence-corrected chi connectivity index (χ3v) is 3.81. The normalized spacial score (nSPS) is 23.6. The molecule has 0 radical (unpaired) electrons. The number of carbonyl (C=O) groups excluding carboxylic acids is 1. The summed E-state index contributed by atoms with van der Waals surface area (Å²) in [4.78, 5) is 11.8. The smallest absolute Gasteiger partial charge is 0.220 e. The molecule has 2 rings (SSSR count). The molecular formula is C14H19FN2O2. The highest BCUT2D eigenvalue weighted by atomic mass is 19.1. The molecule has 1 atom stereocenters. The summed E-state index contributed by atoms with van der Waals surface area (Å²) >= 11 is 0. The molecule has 19 heavy (non-hydrogen) atoms. The monoisotopic (exact) mass is 266 g/mol. The Morgan fingerprint density at radius 1 is 1.53 bits per heavy atom. The van der Waals surface area contributed by atoms with Crippen molar-refractivity contribution in [3.05, 3.63) is 29.6 Å². The molecule has 0 aliphatic carbocycles. The van der Waals surface area contributed by atoms with Crippen LogP contribution in [0.2, 0.25) is 0 Å². The third-order valence-electron chi connectivity index (χ3n) is 3.81. The Morgan fingerprint density at radius 3 is 2.95 bits per heavy atom. The van der Waals surface area contributed by atoms with Crippen LogP contribution in [0.3, 0.4) is 0 Å². The van der Waals surface area contributed by atoms with Gasteiger partial charge in [-0.15, -0.1) is 0 Å². The summed E-state index contributed by atoms with van der Waals surface area (Å²) in [7, 11) is 1.43. The van der Waals surface area contributed by atoms with Crippen LogP contribution in [0.15, 0.2) is 18.2 Å². The molecule has 1 saturated heterocycles. The number of nitrogens with one attached hydrogen (secondary N) is 1. The lowest BCUT2D eigenvalue weighted by atomic mass is 9.74. The molecule has 1 amide bonds. The van der Waals surface area contributed by atoms with Crippen molar-refractivity contribution in [3.8, 4) is 5.75 Å². The second kappa shape index (κ2) is 5.57. The zero-order valence-corrected chi connectivity index (χ0v) is 11.0. The van der Waals surface area contributed by atoms with Gasteiger partial charge < -0.3 is 15.8 Å². The Hall–Kier alpha value is -1.62. The highest BCUT2D eigenvalue weighted by molar-refractivity contribution is 5.78. The Labute approximate surface area is 112 Å². The van der Waals surface area contributed by atoms with Gasteiger partial charge in [0.1, 0.15) is 0 Å². The van der Waals surface area contributed by atoms with E-state index in [1.165, 1.54) is 13.2 Å². The number of benzene rings is 1. The van der Waals surface area contributed by atoms with E-state index in [9.17, 15) is 9.18 Å². The van der Waals surface area contributed by atoms with Crippen LogP contribution in [-0.2, 0) is 10.2 Å². The highest BCUT2D eigenvalue weighted by Gasteiger charge is 2.35. The largest absolute Gasteiger partial charge is 0.494 e. The molecule has 104 valence electrons. The van der Waals surface area contributed by atoms with E-state index in [-0.39, 0.29) is 11.7 Å². The Balaban J connectivity index is 2.39. The minimum absolute atomic E-state index is 0.0285. The topological polar surface area (TPSA) is 64.3 Å². The second-order valence-electron chi connectivity index (χ2n) is 4.96. The van der Waals surface area contributed by atoms with E-state index in [1.54, 1.807) is 12.1 Å². The fourth-order valence-electron chi connectivity index (χ4n) is 2.65. The number of hydrogen-bond acceptors (Lipinski definition) is 3. The Morgan fingerprint density at radius 2 is 2.32 bits per heavy atom. The minimum atomic E-state index is -0.478. The molecule has 4 nitrogen and oxygen atoms in total. The second-order valence-corrected chi connectivity index (χ2v) is 4.96. The van der Waals surface area contributed by atoms with Crippen molar-refractivity contribution in [2.24, 2.45) is 5.73 Å². The number of halogens is 1. The van der Waals surface area contributed by atoms with Crippen LogP contribution in [0.4, 0.5) is 4.39 Å². The average Bonchev–Trinajstić information content (AvgIpc) is 2.61. The van der Waals surface area contributed by atoms with Crippen LogP contribution in [-0.4, -0.2) is 26.1 Å². The number of amides is 1. The molecular weight excluding hydrogens is 247 g/mol. The van der Waals surface area contributed by atoms with Gasteiger partial charge >= 0.3 is 0 Å². The standard InChI is InChI=1S/C14H19FN2O2/c1-19-12-4-3-10(7-11(12)15)14(9-16)5-2-6-17-13(18)8-14/h3-4,7H,2,5-6,8-9,16H2,1H3,(H,17,18). The molecule has 0 spiro atoms. The van der Waals surface area contributed by atoms with Gasteiger partial charge in [-0.05, 0) is 30.5 Å². The maximum Gasteiger partial charge on any atom is 0.220 e. The van der Waals surface area contributed by atoms with Crippen LogP contribution < -0.4 is 15.8 Å². The molecule has 1 heterocycles. The number of carbonyl (C=O) groups is 1. The summed E-state index contributed by atoms with van der Waals surface area (Å²) < 4.78 is 18.8. The van der Waals surface area contributed by atoms with Crippen LogP contribution >= 0.6 is 0 Å². The van der Waals surface area contributed by atoms with Crippen molar-refractivity contribution < 1.29 is 13.9 Å². The van der Waals surface area contributed by atoms with Gasteiger partial charge in [-0.2, -0.15) is 0 Å². The summed E-state index contributed by atoms with van der Waals surface area (Å²) in [5, 5.41) is 2.83. The van der Waals surface area contributed by atoms with Crippen LogP contribution in [0, 0.1) is 5.82 Å². The first-order valence-corrected chi connectivity index (χ1v) is 6.42. The zero-order chi connectivity index (χ0) is 13.9. The molecule has 0 aromatic heterocycles. The van der Waals surface area contributed by atoms with Crippen LogP contribution in [0.5, 0.6) is 5.75 Å². The van der Waals surface area contributed by atoms with E-state index in [0.717, 1.165) is 18.4 Å². The third kappa shape index (κ3) is 2.71. The van der Waals surface area contributed by atoms with E-state index < -0.39 is 11.2 Å². The lowest BCUT2D eigenvalue weighted by Gasteiger charge is -2.31. The van der Waals surface area contributed by atoms with Gasteiger partial charge in [0.25, 0.3) is 0 Å². The number of methoxy groups -OCH3 is 1. The summed E-state index contributed by atoms with van der Waals surface area (Å²) in [6.45, 7) is 0.978. The molecule has 1 aromatic carbocycles. The van der Waals surface area contributed by atoms with Gasteiger partial charge in [-0.1, -0.05) is 6.07 Å². The van der Waals surface area contributed by atoms with Gasteiger partial charge in [-0.3, -0.25) is 4.79 Å². The maximum atomic E-state index is 13.8. The van der Waals surface area contributed by atoms with Gasteiger partial charge in [-0.25, -0.2) is 4.39 Å². The fraction of sp³-hybridized carbons (Fsp3) is 0.500. The van der Waals surface area contributed by atoms with E-state index in [1.807, 2.05) is 0 Å². The SMILES string of the molecule is COc1ccc(C2(CN)CCCNC(=O)C2)cc1F. The lowest BCUT2D eigenvalue weighted by molar-refractivity contribution is -0.121. The van der Waals surface area contributed by atoms with Gasteiger partial charge in [0.15, 0.2) is 11.6 Å². The van der Waals surface area contributed by atoms with Crippen LogP contribution in [0.1, 0.15) is 24.8 Å². The van der Waals surface area contributed by atoms with Crippen molar-refractivity contribution >= 4 is 5.91 Å². The lowest BCUT2D eigenvalue weighted by Crippen LogP contribution is -2.38. The first kappa shape index (κ1) is 13.8. The number of rotatable bonds is 3.